The predicted molar refractivity (Wildman–Crippen MR) is 76.1 cm³/mol. The van der Waals surface area contributed by atoms with E-state index in [1.807, 2.05) is 25.7 Å². The maximum absolute atomic E-state index is 11.9. The second-order valence-electron chi connectivity index (χ2n) is 5.98. The van der Waals surface area contributed by atoms with Crippen molar-refractivity contribution in [3.63, 3.8) is 0 Å². The zero-order chi connectivity index (χ0) is 13.1. The van der Waals surface area contributed by atoms with E-state index in [4.69, 9.17) is 4.74 Å². The van der Waals surface area contributed by atoms with Crippen molar-refractivity contribution in [3.05, 3.63) is 0 Å². The average molecular weight is 261 g/mol. The first-order valence-electron chi connectivity index (χ1n) is 6.38. The average Bonchev–Trinajstić information content (AvgIpc) is 2.25. The summed E-state index contributed by atoms with van der Waals surface area (Å²) >= 11 is 0. The van der Waals surface area contributed by atoms with Gasteiger partial charge in [-0.15, -0.1) is 0 Å². The highest BCUT2D eigenvalue weighted by atomic mass is 32.2. The third kappa shape index (κ3) is 5.30. The third-order valence-electron chi connectivity index (χ3n) is 3.18. The van der Waals surface area contributed by atoms with Gasteiger partial charge < -0.3 is 9.64 Å². The van der Waals surface area contributed by atoms with Crippen LogP contribution in [0.25, 0.3) is 0 Å². The van der Waals surface area contributed by atoms with Gasteiger partial charge in [0.25, 0.3) is 0 Å². The van der Waals surface area contributed by atoms with Crippen LogP contribution < -0.4 is 0 Å². The molecule has 0 radical (unpaired) electrons. The van der Waals surface area contributed by atoms with Crippen LogP contribution in [0.3, 0.4) is 0 Å². The van der Waals surface area contributed by atoms with E-state index in [1.54, 1.807) is 0 Å². The van der Waals surface area contributed by atoms with Gasteiger partial charge in [0.1, 0.15) is 6.61 Å². The molecule has 1 aliphatic rings. The van der Waals surface area contributed by atoms with E-state index in [9.17, 15) is 4.79 Å². The number of carbonyl (C=O) groups excluding carboxylic acids is 1. The van der Waals surface area contributed by atoms with Crippen molar-refractivity contribution in [1.29, 1.82) is 0 Å². The lowest BCUT2D eigenvalue weighted by Gasteiger charge is -2.35. The van der Waals surface area contributed by atoms with Crippen LogP contribution in [-0.2, 0) is 9.53 Å². The first-order valence-corrected chi connectivity index (χ1v) is 8.68. The van der Waals surface area contributed by atoms with Crippen LogP contribution in [0.1, 0.15) is 33.6 Å². The van der Waals surface area contributed by atoms with Gasteiger partial charge in [0, 0.05) is 13.1 Å². The Morgan fingerprint density at radius 3 is 2.24 bits per heavy atom. The lowest BCUT2D eigenvalue weighted by Crippen LogP contribution is -2.42. The molecule has 0 aromatic heterocycles. The Bertz CT molecular complexity index is 253. The summed E-state index contributed by atoms with van der Waals surface area (Å²) in [7, 11) is 0.147. The van der Waals surface area contributed by atoms with Gasteiger partial charge in [-0.3, -0.25) is 15.7 Å². The van der Waals surface area contributed by atoms with Gasteiger partial charge in [-0.1, -0.05) is 0 Å². The zero-order valence-corrected chi connectivity index (χ0v) is 12.7. The van der Waals surface area contributed by atoms with Crippen molar-refractivity contribution < 1.29 is 9.53 Å². The Labute approximate surface area is 108 Å². The van der Waals surface area contributed by atoms with Crippen LogP contribution >= 0.6 is 10.9 Å². The molecule has 0 N–H and O–H groups in total. The molecule has 0 aromatic rings. The minimum absolute atomic E-state index is 0.147. The van der Waals surface area contributed by atoms with Gasteiger partial charge in [-0.2, -0.15) is 0 Å². The maximum Gasteiger partial charge on any atom is 0.248 e. The number of hydrogen-bond donors (Lipinski definition) is 1. The summed E-state index contributed by atoms with van der Waals surface area (Å²) in [5.74, 6) is 0.148. The molecule has 1 heterocycles. The molecular weight excluding hydrogens is 234 g/mol. The van der Waals surface area contributed by atoms with Crippen molar-refractivity contribution in [2.24, 2.45) is 0 Å². The summed E-state index contributed by atoms with van der Waals surface area (Å²) in [6, 6.07) is 0. The smallest absolute Gasteiger partial charge is 0.248 e. The Balaban J connectivity index is 2.31. The molecule has 17 heavy (non-hydrogen) atoms. The first-order chi connectivity index (χ1) is 7.79. The highest BCUT2D eigenvalue weighted by Crippen LogP contribution is 2.31. The molecule has 4 heteroatoms. The SMILES string of the molecule is C[SH](C)C1CCN(C(=O)COC(C)(C)C)CC1. The number of thiol groups is 1. The Hall–Kier alpha value is -0.220. The highest BCUT2D eigenvalue weighted by Gasteiger charge is 2.24. The van der Waals surface area contributed by atoms with Crippen molar-refractivity contribution in [2.75, 3.05) is 32.2 Å². The van der Waals surface area contributed by atoms with E-state index in [1.165, 1.54) is 12.8 Å². The second kappa shape index (κ2) is 6.10. The van der Waals surface area contributed by atoms with Crippen LogP contribution in [0.15, 0.2) is 0 Å². The quantitative estimate of drug-likeness (QED) is 0.788. The van der Waals surface area contributed by atoms with Crippen molar-refractivity contribution in [2.45, 2.75) is 44.5 Å². The molecule has 0 aromatic carbocycles. The molecule has 0 bridgehead atoms. The topological polar surface area (TPSA) is 29.5 Å². The molecule has 1 saturated heterocycles. The highest BCUT2D eigenvalue weighted by molar-refractivity contribution is 8.16. The lowest BCUT2D eigenvalue weighted by atomic mass is 10.1. The Morgan fingerprint density at radius 2 is 1.82 bits per heavy atom. The Kier molecular flexibility index (Phi) is 5.32. The molecule has 0 atom stereocenters. The summed E-state index contributed by atoms with van der Waals surface area (Å²) in [6.07, 6.45) is 7.00. The van der Waals surface area contributed by atoms with E-state index >= 15 is 0 Å². The maximum atomic E-state index is 11.9. The molecule has 0 saturated carbocycles. The first kappa shape index (κ1) is 14.8. The molecular formula is C13H27NO2S. The van der Waals surface area contributed by atoms with E-state index in [2.05, 4.69) is 12.5 Å². The standard InChI is InChI=1S/C13H27NO2S/c1-13(2,3)16-10-12(15)14-8-6-11(7-9-14)17(4)5/h11,17H,6-10H2,1-5H3. The van der Waals surface area contributed by atoms with Gasteiger partial charge in [0.05, 0.1) is 5.60 Å². The monoisotopic (exact) mass is 261 g/mol. The molecule has 0 unspecified atom stereocenters. The molecule has 1 aliphatic heterocycles. The minimum atomic E-state index is -0.227. The summed E-state index contributed by atoms with van der Waals surface area (Å²) in [5, 5.41) is 0.845. The summed E-state index contributed by atoms with van der Waals surface area (Å²) in [5.41, 5.74) is -0.227. The van der Waals surface area contributed by atoms with E-state index in [-0.39, 0.29) is 29.0 Å². The summed E-state index contributed by atoms with van der Waals surface area (Å²) in [6.45, 7) is 7.99. The fourth-order valence-corrected chi connectivity index (χ4v) is 3.26. The van der Waals surface area contributed by atoms with E-state index < -0.39 is 0 Å². The van der Waals surface area contributed by atoms with Gasteiger partial charge in [0.15, 0.2) is 0 Å². The largest absolute Gasteiger partial charge is 0.366 e. The van der Waals surface area contributed by atoms with Gasteiger partial charge in [-0.05, 0) is 51.4 Å². The number of amides is 1. The summed E-state index contributed by atoms with van der Waals surface area (Å²) < 4.78 is 5.53. The summed E-state index contributed by atoms with van der Waals surface area (Å²) in [4.78, 5) is 13.9. The van der Waals surface area contributed by atoms with E-state index in [0.717, 1.165) is 18.3 Å². The fraction of sp³-hybridized carbons (Fsp3) is 0.923. The number of piperidine rings is 1. The van der Waals surface area contributed by atoms with Crippen LogP contribution in [0.5, 0.6) is 0 Å². The number of nitrogens with zero attached hydrogens (tertiary/aromatic N) is 1. The number of hydrogen-bond acceptors (Lipinski definition) is 2. The Morgan fingerprint density at radius 1 is 1.29 bits per heavy atom. The number of ether oxygens (including phenoxy) is 1. The third-order valence-corrected chi connectivity index (χ3v) is 5.15. The van der Waals surface area contributed by atoms with Crippen molar-refractivity contribution in [3.8, 4) is 0 Å². The van der Waals surface area contributed by atoms with Crippen molar-refractivity contribution in [1.82, 2.24) is 4.90 Å². The molecule has 0 spiro atoms. The number of carbonyl (C=O) groups is 1. The predicted octanol–water partition coefficient (Wildman–Crippen LogP) is 2.05. The zero-order valence-electron chi connectivity index (χ0n) is 11.8. The normalized spacial score (nSPS) is 19.4. The molecule has 0 aliphatic carbocycles. The van der Waals surface area contributed by atoms with Gasteiger partial charge >= 0.3 is 0 Å². The molecule has 1 rings (SSSR count). The van der Waals surface area contributed by atoms with Gasteiger partial charge in [0.2, 0.25) is 5.91 Å². The lowest BCUT2D eigenvalue weighted by molar-refractivity contribution is -0.141. The molecule has 1 amide bonds. The van der Waals surface area contributed by atoms with Crippen LogP contribution in [0.2, 0.25) is 0 Å². The second-order valence-corrected chi connectivity index (χ2v) is 8.63. The van der Waals surface area contributed by atoms with Crippen molar-refractivity contribution >= 4 is 16.8 Å². The molecule has 1 fully saturated rings. The molecule has 3 nitrogen and oxygen atoms in total. The van der Waals surface area contributed by atoms with E-state index in [0.29, 0.717) is 0 Å². The fourth-order valence-electron chi connectivity index (χ4n) is 2.00. The number of likely N-dealkylation sites (tertiary alicyclic amines) is 1. The van der Waals surface area contributed by atoms with Crippen LogP contribution in [0, 0.1) is 0 Å². The molecule has 102 valence electrons. The van der Waals surface area contributed by atoms with Crippen LogP contribution in [-0.4, -0.2) is 53.9 Å². The number of rotatable bonds is 3. The van der Waals surface area contributed by atoms with Gasteiger partial charge in [-0.25, -0.2) is 0 Å². The minimum Gasteiger partial charge on any atom is -0.366 e. The van der Waals surface area contributed by atoms with Crippen LogP contribution in [0.4, 0.5) is 0 Å².